The van der Waals surface area contributed by atoms with Gasteiger partial charge in [-0.1, -0.05) is 0 Å². The van der Waals surface area contributed by atoms with E-state index in [4.69, 9.17) is 15.7 Å². The van der Waals surface area contributed by atoms with Crippen LogP contribution in [0, 0.1) is 17.2 Å². The Morgan fingerprint density at radius 3 is 2.82 bits per heavy atom. The molecule has 1 rings (SSSR count). The SMILES string of the molecule is CCN(CC(C)C#N)c1ncnc(OC)c1N. The summed E-state index contributed by atoms with van der Waals surface area (Å²) in [6, 6.07) is 2.19. The molecule has 6 nitrogen and oxygen atoms in total. The lowest BCUT2D eigenvalue weighted by molar-refractivity contribution is 0.399. The first kappa shape index (κ1) is 13.0. The fourth-order valence-electron chi connectivity index (χ4n) is 1.52. The number of nitrogens with two attached hydrogens (primary N) is 1. The van der Waals surface area contributed by atoms with E-state index in [1.807, 2.05) is 18.7 Å². The molecule has 0 fully saturated rings. The summed E-state index contributed by atoms with van der Waals surface area (Å²) in [5.41, 5.74) is 6.32. The molecule has 0 saturated carbocycles. The van der Waals surface area contributed by atoms with Crippen LogP contribution >= 0.6 is 0 Å². The Balaban J connectivity index is 3.00. The van der Waals surface area contributed by atoms with E-state index in [0.29, 0.717) is 23.9 Å². The van der Waals surface area contributed by atoms with Crippen molar-refractivity contribution in [3.8, 4) is 11.9 Å². The molecule has 0 spiro atoms. The van der Waals surface area contributed by atoms with E-state index in [2.05, 4.69) is 16.0 Å². The molecule has 1 atom stereocenters. The Morgan fingerprint density at radius 1 is 1.59 bits per heavy atom. The van der Waals surface area contributed by atoms with Gasteiger partial charge in [-0.05, 0) is 13.8 Å². The Morgan fingerprint density at radius 2 is 2.29 bits per heavy atom. The lowest BCUT2D eigenvalue weighted by Gasteiger charge is -2.24. The van der Waals surface area contributed by atoms with Gasteiger partial charge in [0.15, 0.2) is 5.82 Å². The zero-order chi connectivity index (χ0) is 12.8. The molecule has 1 aromatic rings. The van der Waals surface area contributed by atoms with E-state index in [1.165, 1.54) is 13.4 Å². The van der Waals surface area contributed by atoms with Crippen molar-refractivity contribution in [2.75, 3.05) is 30.8 Å². The lowest BCUT2D eigenvalue weighted by Crippen LogP contribution is -2.29. The number of rotatable bonds is 5. The first-order valence-electron chi connectivity index (χ1n) is 5.43. The molecule has 0 amide bonds. The van der Waals surface area contributed by atoms with E-state index >= 15 is 0 Å². The first-order valence-corrected chi connectivity index (χ1v) is 5.43. The fraction of sp³-hybridized carbons (Fsp3) is 0.545. The maximum absolute atomic E-state index is 8.83. The number of anilines is 2. The summed E-state index contributed by atoms with van der Waals surface area (Å²) in [6.45, 7) is 5.14. The molecule has 1 heterocycles. The van der Waals surface area contributed by atoms with Gasteiger partial charge in [0.2, 0.25) is 5.88 Å². The largest absolute Gasteiger partial charge is 0.479 e. The van der Waals surface area contributed by atoms with Crippen LogP contribution < -0.4 is 15.4 Å². The van der Waals surface area contributed by atoms with E-state index in [-0.39, 0.29) is 5.92 Å². The second-order valence-electron chi connectivity index (χ2n) is 3.69. The monoisotopic (exact) mass is 235 g/mol. The van der Waals surface area contributed by atoms with Gasteiger partial charge < -0.3 is 15.4 Å². The third kappa shape index (κ3) is 2.97. The molecule has 0 aliphatic heterocycles. The van der Waals surface area contributed by atoms with Crippen molar-refractivity contribution in [3.05, 3.63) is 6.33 Å². The highest BCUT2D eigenvalue weighted by molar-refractivity contribution is 5.67. The number of hydrogen-bond donors (Lipinski definition) is 1. The molecule has 0 bridgehead atoms. The summed E-state index contributed by atoms with van der Waals surface area (Å²) in [6.07, 6.45) is 1.41. The molecule has 1 unspecified atom stereocenters. The number of nitrogens with zero attached hydrogens (tertiary/aromatic N) is 4. The molecular weight excluding hydrogens is 218 g/mol. The van der Waals surface area contributed by atoms with E-state index < -0.39 is 0 Å². The quantitative estimate of drug-likeness (QED) is 0.820. The second-order valence-corrected chi connectivity index (χ2v) is 3.69. The van der Waals surface area contributed by atoms with Crippen LogP contribution in [0.3, 0.4) is 0 Å². The normalized spacial score (nSPS) is 11.6. The van der Waals surface area contributed by atoms with Gasteiger partial charge in [0.05, 0.1) is 19.1 Å². The third-order valence-electron chi connectivity index (χ3n) is 2.42. The van der Waals surface area contributed by atoms with Gasteiger partial charge in [-0.15, -0.1) is 0 Å². The average Bonchev–Trinajstić information content (AvgIpc) is 2.36. The summed E-state index contributed by atoms with van der Waals surface area (Å²) in [4.78, 5) is 10.0. The first-order chi connectivity index (χ1) is 8.13. The third-order valence-corrected chi connectivity index (χ3v) is 2.42. The van der Waals surface area contributed by atoms with Gasteiger partial charge >= 0.3 is 0 Å². The van der Waals surface area contributed by atoms with Crippen molar-refractivity contribution in [1.82, 2.24) is 9.97 Å². The number of hydrogen-bond acceptors (Lipinski definition) is 6. The van der Waals surface area contributed by atoms with Gasteiger partial charge in [-0.25, -0.2) is 4.98 Å². The molecule has 0 aliphatic rings. The van der Waals surface area contributed by atoms with Crippen LogP contribution in [-0.2, 0) is 0 Å². The Kier molecular flexibility index (Phi) is 4.52. The van der Waals surface area contributed by atoms with Crippen LogP contribution in [0.1, 0.15) is 13.8 Å². The topological polar surface area (TPSA) is 88.1 Å². The predicted molar refractivity (Wildman–Crippen MR) is 65.7 cm³/mol. The van der Waals surface area contributed by atoms with Crippen molar-refractivity contribution in [1.29, 1.82) is 5.26 Å². The lowest BCUT2D eigenvalue weighted by atomic mass is 10.2. The van der Waals surface area contributed by atoms with Crippen LogP contribution in [0.4, 0.5) is 11.5 Å². The van der Waals surface area contributed by atoms with Gasteiger partial charge in [0, 0.05) is 13.1 Å². The summed E-state index contributed by atoms with van der Waals surface area (Å²) in [5.74, 6) is 0.884. The number of methoxy groups -OCH3 is 1. The zero-order valence-electron chi connectivity index (χ0n) is 10.3. The molecule has 2 N–H and O–H groups in total. The second kappa shape index (κ2) is 5.89. The maximum Gasteiger partial charge on any atom is 0.242 e. The molecule has 0 aromatic carbocycles. The van der Waals surface area contributed by atoms with E-state index in [1.54, 1.807) is 0 Å². The molecule has 17 heavy (non-hydrogen) atoms. The van der Waals surface area contributed by atoms with Gasteiger partial charge in [0.1, 0.15) is 12.0 Å². The van der Waals surface area contributed by atoms with Gasteiger partial charge in [-0.2, -0.15) is 10.2 Å². The van der Waals surface area contributed by atoms with Gasteiger partial charge in [-0.3, -0.25) is 0 Å². The average molecular weight is 235 g/mol. The molecule has 0 radical (unpaired) electrons. The Hall–Kier alpha value is -2.03. The molecule has 0 saturated heterocycles. The van der Waals surface area contributed by atoms with Crippen LogP contribution in [0.5, 0.6) is 5.88 Å². The molecule has 0 aliphatic carbocycles. The molecule has 1 aromatic heterocycles. The van der Waals surface area contributed by atoms with Crippen molar-refractivity contribution < 1.29 is 4.74 Å². The zero-order valence-corrected chi connectivity index (χ0v) is 10.3. The minimum Gasteiger partial charge on any atom is -0.479 e. The molecule has 92 valence electrons. The van der Waals surface area contributed by atoms with Crippen LogP contribution in [0.25, 0.3) is 0 Å². The Bertz CT molecular complexity index is 415. The van der Waals surface area contributed by atoms with Crippen LogP contribution in [0.2, 0.25) is 0 Å². The molecular formula is C11H17N5O. The van der Waals surface area contributed by atoms with Crippen LogP contribution in [-0.4, -0.2) is 30.2 Å². The van der Waals surface area contributed by atoms with Crippen molar-refractivity contribution in [2.24, 2.45) is 5.92 Å². The predicted octanol–water partition coefficient (Wildman–Crippen LogP) is 1.05. The minimum atomic E-state index is -0.0877. The standard InChI is InChI=1S/C11H17N5O/c1-4-16(6-8(2)5-12)10-9(13)11(17-3)15-7-14-10/h7-8H,4,6,13H2,1-3H3. The van der Waals surface area contributed by atoms with E-state index in [0.717, 1.165) is 6.54 Å². The highest BCUT2D eigenvalue weighted by Gasteiger charge is 2.16. The minimum absolute atomic E-state index is 0.0877. The number of nitrogen functional groups attached to an aromatic ring is 1. The number of aromatic nitrogens is 2. The number of ether oxygens (including phenoxy) is 1. The number of nitriles is 1. The maximum atomic E-state index is 8.83. The fourth-order valence-corrected chi connectivity index (χ4v) is 1.52. The summed E-state index contributed by atoms with van der Waals surface area (Å²) >= 11 is 0. The van der Waals surface area contributed by atoms with Crippen LogP contribution in [0.15, 0.2) is 6.33 Å². The van der Waals surface area contributed by atoms with Gasteiger partial charge in [0.25, 0.3) is 0 Å². The van der Waals surface area contributed by atoms with E-state index in [9.17, 15) is 0 Å². The van der Waals surface area contributed by atoms with Crippen molar-refractivity contribution in [3.63, 3.8) is 0 Å². The van der Waals surface area contributed by atoms with Crippen molar-refractivity contribution >= 4 is 11.5 Å². The summed E-state index contributed by atoms with van der Waals surface area (Å²) in [7, 11) is 1.51. The summed E-state index contributed by atoms with van der Waals surface area (Å²) < 4.78 is 5.04. The highest BCUT2D eigenvalue weighted by Crippen LogP contribution is 2.27. The summed E-state index contributed by atoms with van der Waals surface area (Å²) in [5, 5.41) is 8.83. The highest BCUT2D eigenvalue weighted by atomic mass is 16.5. The Labute approximate surface area is 101 Å². The van der Waals surface area contributed by atoms with Crippen molar-refractivity contribution in [2.45, 2.75) is 13.8 Å². The molecule has 6 heteroatoms. The smallest absolute Gasteiger partial charge is 0.242 e.